The van der Waals surface area contributed by atoms with Crippen molar-refractivity contribution < 1.29 is 4.79 Å². The topological polar surface area (TPSA) is 95.1 Å². The van der Waals surface area contributed by atoms with Crippen LogP contribution in [0.15, 0.2) is 0 Å². The lowest BCUT2D eigenvalue weighted by Gasteiger charge is -2.02. The smallest absolute Gasteiger partial charge is 0.219 e. The molecule has 4 nitrogen and oxygen atoms in total. The SMILES string of the molecule is NC[C@@H](N)CC(N)=O. The average Bonchev–Trinajstić information content (AvgIpc) is 1.65. The lowest BCUT2D eigenvalue weighted by atomic mass is 10.2. The molecule has 1 amide bonds. The van der Waals surface area contributed by atoms with Gasteiger partial charge in [0, 0.05) is 19.0 Å². The second kappa shape index (κ2) is 3.40. The first kappa shape index (κ1) is 7.39. The van der Waals surface area contributed by atoms with E-state index in [1.807, 2.05) is 0 Å². The van der Waals surface area contributed by atoms with Gasteiger partial charge in [-0.15, -0.1) is 0 Å². The van der Waals surface area contributed by atoms with Gasteiger partial charge in [0.1, 0.15) is 0 Å². The fourth-order valence-electron chi connectivity index (χ4n) is 0.342. The molecule has 4 heteroatoms. The monoisotopic (exact) mass is 117 g/mol. The molecule has 0 unspecified atom stereocenters. The molecule has 8 heavy (non-hydrogen) atoms. The van der Waals surface area contributed by atoms with Gasteiger partial charge >= 0.3 is 0 Å². The zero-order valence-electron chi connectivity index (χ0n) is 4.63. The normalized spacial score (nSPS) is 13.2. The van der Waals surface area contributed by atoms with Crippen LogP contribution in [0, 0.1) is 0 Å². The molecule has 0 aliphatic carbocycles. The largest absolute Gasteiger partial charge is 0.370 e. The third kappa shape index (κ3) is 3.58. The molecule has 0 aromatic heterocycles. The number of carbonyl (C=O) groups is 1. The van der Waals surface area contributed by atoms with Crippen molar-refractivity contribution in [3.8, 4) is 0 Å². The summed E-state index contributed by atoms with van der Waals surface area (Å²) in [6.45, 7) is 0.308. The maximum Gasteiger partial charge on any atom is 0.219 e. The van der Waals surface area contributed by atoms with E-state index in [9.17, 15) is 4.79 Å². The summed E-state index contributed by atoms with van der Waals surface area (Å²) >= 11 is 0. The molecular weight excluding hydrogens is 106 g/mol. The van der Waals surface area contributed by atoms with E-state index in [0.29, 0.717) is 6.54 Å². The fourth-order valence-corrected chi connectivity index (χ4v) is 0.342. The lowest BCUT2D eigenvalue weighted by molar-refractivity contribution is -0.118. The molecule has 0 aromatic carbocycles. The van der Waals surface area contributed by atoms with Gasteiger partial charge in [-0.05, 0) is 0 Å². The summed E-state index contributed by atoms with van der Waals surface area (Å²) in [5.74, 6) is -0.400. The van der Waals surface area contributed by atoms with Crippen molar-refractivity contribution in [3.63, 3.8) is 0 Å². The summed E-state index contributed by atoms with van der Waals surface area (Å²) in [6.07, 6.45) is 0.177. The highest BCUT2D eigenvalue weighted by Crippen LogP contribution is 1.80. The number of nitrogens with two attached hydrogens (primary N) is 3. The fraction of sp³-hybridized carbons (Fsp3) is 0.750. The van der Waals surface area contributed by atoms with E-state index in [1.165, 1.54) is 0 Å². The van der Waals surface area contributed by atoms with Gasteiger partial charge in [0.05, 0.1) is 0 Å². The van der Waals surface area contributed by atoms with Crippen LogP contribution in [0.4, 0.5) is 0 Å². The highest BCUT2D eigenvalue weighted by molar-refractivity contribution is 5.74. The Hall–Kier alpha value is -0.610. The quantitative estimate of drug-likeness (QED) is 0.405. The van der Waals surface area contributed by atoms with Crippen molar-refractivity contribution in [2.45, 2.75) is 12.5 Å². The number of carbonyl (C=O) groups excluding carboxylic acids is 1. The minimum Gasteiger partial charge on any atom is -0.370 e. The molecular formula is C4H11N3O. The van der Waals surface area contributed by atoms with E-state index in [2.05, 4.69) is 0 Å². The Morgan fingerprint density at radius 2 is 2.12 bits per heavy atom. The molecule has 0 aliphatic rings. The predicted octanol–water partition coefficient (Wildman–Crippen LogP) is -1.85. The standard InChI is InChI=1S/C4H11N3O/c5-2-3(6)1-4(7)8/h3H,1-2,5-6H2,(H2,7,8)/t3-/m0/s1. The van der Waals surface area contributed by atoms with Crippen LogP contribution >= 0.6 is 0 Å². The number of rotatable bonds is 3. The van der Waals surface area contributed by atoms with Crippen molar-refractivity contribution in [1.29, 1.82) is 0 Å². The van der Waals surface area contributed by atoms with Gasteiger partial charge in [-0.2, -0.15) is 0 Å². The van der Waals surface area contributed by atoms with Gasteiger partial charge in [-0.1, -0.05) is 0 Å². The molecule has 0 bridgehead atoms. The molecule has 0 aliphatic heterocycles. The molecule has 0 spiro atoms. The van der Waals surface area contributed by atoms with Crippen molar-refractivity contribution in [3.05, 3.63) is 0 Å². The zero-order valence-corrected chi connectivity index (χ0v) is 4.63. The molecule has 0 fully saturated rings. The maximum atomic E-state index is 10.1. The molecule has 0 radical (unpaired) electrons. The molecule has 0 saturated heterocycles. The van der Waals surface area contributed by atoms with Gasteiger partial charge in [0.15, 0.2) is 0 Å². The Morgan fingerprint density at radius 3 is 2.25 bits per heavy atom. The Balaban J connectivity index is 3.24. The van der Waals surface area contributed by atoms with Crippen LogP contribution in [-0.4, -0.2) is 18.5 Å². The highest BCUT2D eigenvalue weighted by atomic mass is 16.1. The highest BCUT2D eigenvalue weighted by Gasteiger charge is 2.01. The first-order chi connectivity index (χ1) is 3.66. The molecule has 1 atom stereocenters. The summed E-state index contributed by atoms with van der Waals surface area (Å²) in [7, 11) is 0. The van der Waals surface area contributed by atoms with Gasteiger partial charge in [-0.3, -0.25) is 4.79 Å². The molecule has 6 N–H and O–H groups in total. The first-order valence-corrected chi connectivity index (χ1v) is 2.40. The number of hydrogen-bond acceptors (Lipinski definition) is 3. The van der Waals surface area contributed by atoms with Gasteiger partial charge in [0.25, 0.3) is 0 Å². The number of primary amides is 1. The van der Waals surface area contributed by atoms with Crippen molar-refractivity contribution in [2.24, 2.45) is 17.2 Å². The average molecular weight is 117 g/mol. The maximum absolute atomic E-state index is 10.1. The van der Waals surface area contributed by atoms with E-state index in [4.69, 9.17) is 17.2 Å². The van der Waals surface area contributed by atoms with E-state index in [-0.39, 0.29) is 12.5 Å². The van der Waals surface area contributed by atoms with E-state index in [0.717, 1.165) is 0 Å². The Labute approximate surface area is 48.0 Å². The van der Waals surface area contributed by atoms with Crippen molar-refractivity contribution in [2.75, 3.05) is 6.54 Å². The molecule has 0 aromatic rings. The Morgan fingerprint density at radius 1 is 1.62 bits per heavy atom. The lowest BCUT2D eigenvalue weighted by Crippen LogP contribution is -2.34. The van der Waals surface area contributed by atoms with Crippen LogP contribution in [0.5, 0.6) is 0 Å². The second-order valence-electron chi connectivity index (χ2n) is 1.67. The molecule has 48 valence electrons. The van der Waals surface area contributed by atoms with Gasteiger partial charge in [0.2, 0.25) is 5.91 Å². The van der Waals surface area contributed by atoms with E-state index < -0.39 is 5.91 Å². The van der Waals surface area contributed by atoms with Gasteiger partial charge < -0.3 is 17.2 Å². The number of amides is 1. The number of hydrogen-bond donors (Lipinski definition) is 3. The van der Waals surface area contributed by atoms with Crippen LogP contribution < -0.4 is 17.2 Å². The minimum atomic E-state index is -0.400. The summed E-state index contributed by atoms with van der Waals surface area (Å²) in [5, 5.41) is 0. The molecule has 0 rings (SSSR count). The Bertz CT molecular complexity index is 83.4. The predicted molar refractivity (Wildman–Crippen MR) is 30.8 cm³/mol. The Kier molecular flexibility index (Phi) is 3.14. The third-order valence-corrected chi connectivity index (χ3v) is 0.766. The summed E-state index contributed by atoms with van der Waals surface area (Å²) in [4.78, 5) is 10.1. The summed E-state index contributed by atoms with van der Waals surface area (Å²) in [6, 6.07) is -0.271. The molecule has 0 heterocycles. The molecule has 0 saturated carbocycles. The minimum absolute atomic E-state index is 0.177. The van der Waals surface area contributed by atoms with E-state index >= 15 is 0 Å². The van der Waals surface area contributed by atoms with Crippen LogP contribution in [0.3, 0.4) is 0 Å². The van der Waals surface area contributed by atoms with Crippen molar-refractivity contribution in [1.82, 2.24) is 0 Å². The zero-order chi connectivity index (χ0) is 6.57. The summed E-state index contributed by atoms with van der Waals surface area (Å²) < 4.78 is 0. The van der Waals surface area contributed by atoms with E-state index in [1.54, 1.807) is 0 Å². The van der Waals surface area contributed by atoms with Crippen LogP contribution in [0.25, 0.3) is 0 Å². The van der Waals surface area contributed by atoms with Crippen LogP contribution in [-0.2, 0) is 4.79 Å². The van der Waals surface area contributed by atoms with Crippen molar-refractivity contribution >= 4 is 5.91 Å². The summed E-state index contributed by atoms with van der Waals surface area (Å²) in [5.41, 5.74) is 15.1. The van der Waals surface area contributed by atoms with Crippen LogP contribution in [0.2, 0.25) is 0 Å². The first-order valence-electron chi connectivity index (χ1n) is 2.40. The van der Waals surface area contributed by atoms with Gasteiger partial charge in [-0.25, -0.2) is 0 Å². The second-order valence-corrected chi connectivity index (χ2v) is 1.67. The third-order valence-electron chi connectivity index (χ3n) is 0.766. The van der Waals surface area contributed by atoms with Crippen LogP contribution in [0.1, 0.15) is 6.42 Å².